The van der Waals surface area contributed by atoms with Gasteiger partial charge >= 0.3 is 5.69 Å². The zero-order chi connectivity index (χ0) is 13.3. The summed E-state index contributed by atoms with van der Waals surface area (Å²) in [6, 6.07) is 1.32. The highest BCUT2D eigenvalue weighted by Gasteiger charge is 2.35. The molecule has 0 radical (unpaired) electrons. The summed E-state index contributed by atoms with van der Waals surface area (Å²) in [5.41, 5.74) is -0.477. The lowest BCUT2D eigenvalue weighted by atomic mass is 10.2. The molecule has 0 bridgehead atoms. The molecule has 2 heterocycles. The van der Waals surface area contributed by atoms with Crippen LogP contribution in [0.4, 0.5) is 0 Å². The second-order valence-electron chi connectivity index (χ2n) is 4.34. The van der Waals surface area contributed by atoms with Crippen LogP contribution in [0.15, 0.2) is 15.7 Å². The second kappa shape index (κ2) is 5.05. The quantitative estimate of drug-likeness (QED) is 0.734. The fraction of sp³-hybridized carbons (Fsp3) is 0.636. The largest absolute Gasteiger partial charge is 0.390 e. The molecule has 0 spiro atoms. The summed E-state index contributed by atoms with van der Waals surface area (Å²) in [5.74, 6) is 0. The number of aromatic nitrogens is 2. The third-order valence-corrected chi connectivity index (χ3v) is 2.99. The van der Waals surface area contributed by atoms with E-state index in [9.17, 15) is 14.7 Å². The van der Waals surface area contributed by atoms with E-state index in [4.69, 9.17) is 9.47 Å². The molecule has 1 saturated heterocycles. The Labute approximate surface area is 103 Å². The van der Waals surface area contributed by atoms with Crippen molar-refractivity contribution in [1.29, 1.82) is 0 Å². The number of ether oxygens (including phenoxy) is 2. The molecule has 0 saturated carbocycles. The number of methoxy groups -OCH3 is 1. The topological polar surface area (TPSA) is 93.5 Å². The Morgan fingerprint density at radius 3 is 2.94 bits per heavy atom. The van der Waals surface area contributed by atoms with Gasteiger partial charge in [0.05, 0.1) is 12.7 Å². The number of nitrogens with zero attached hydrogens (tertiary/aromatic N) is 1. The molecule has 0 aliphatic carbocycles. The Balaban J connectivity index is 2.29. The summed E-state index contributed by atoms with van der Waals surface area (Å²) in [6.07, 6.45) is -1.43. The molecule has 1 aromatic heterocycles. The van der Waals surface area contributed by atoms with Crippen LogP contribution in [0.5, 0.6) is 0 Å². The van der Waals surface area contributed by atoms with E-state index < -0.39 is 29.7 Å². The Morgan fingerprint density at radius 2 is 2.33 bits per heavy atom. The van der Waals surface area contributed by atoms with Crippen molar-refractivity contribution in [1.82, 2.24) is 9.55 Å². The molecule has 3 atom stereocenters. The molecule has 0 unspecified atom stereocenters. The second-order valence-corrected chi connectivity index (χ2v) is 4.34. The van der Waals surface area contributed by atoms with Gasteiger partial charge in [0.25, 0.3) is 5.56 Å². The van der Waals surface area contributed by atoms with Crippen molar-refractivity contribution in [2.45, 2.75) is 31.8 Å². The smallest absolute Gasteiger partial charge is 0.330 e. The average Bonchev–Trinajstić information content (AvgIpc) is 2.59. The van der Waals surface area contributed by atoms with E-state index in [1.54, 1.807) is 6.92 Å². The third kappa shape index (κ3) is 2.38. The molecule has 7 heteroatoms. The van der Waals surface area contributed by atoms with Crippen LogP contribution in [0.2, 0.25) is 0 Å². The number of aliphatic hydroxyl groups is 1. The molecule has 1 aliphatic heterocycles. The van der Waals surface area contributed by atoms with Gasteiger partial charge in [0.15, 0.2) is 0 Å². The van der Waals surface area contributed by atoms with Gasteiger partial charge in [-0.15, -0.1) is 0 Å². The molecule has 1 aromatic rings. The highest BCUT2D eigenvalue weighted by atomic mass is 16.6. The van der Waals surface area contributed by atoms with Crippen molar-refractivity contribution < 1.29 is 14.6 Å². The molecule has 0 aromatic carbocycles. The fourth-order valence-electron chi connectivity index (χ4n) is 2.17. The van der Waals surface area contributed by atoms with Crippen LogP contribution in [0.3, 0.4) is 0 Å². The molecule has 100 valence electrons. The van der Waals surface area contributed by atoms with E-state index in [1.165, 1.54) is 17.7 Å². The number of H-pyrrole nitrogens is 1. The van der Waals surface area contributed by atoms with Crippen LogP contribution < -0.4 is 11.2 Å². The zero-order valence-electron chi connectivity index (χ0n) is 10.3. The maximum atomic E-state index is 11.7. The van der Waals surface area contributed by atoms with Crippen molar-refractivity contribution in [3.63, 3.8) is 0 Å². The summed E-state index contributed by atoms with van der Waals surface area (Å²) in [5, 5.41) is 9.80. The number of rotatable bonds is 3. The first-order valence-electron chi connectivity index (χ1n) is 5.68. The molecular formula is C11H16N2O5. The zero-order valence-corrected chi connectivity index (χ0v) is 10.3. The van der Waals surface area contributed by atoms with Crippen LogP contribution >= 0.6 is 0 Å². The number of hydrogen-bond acceptors (Lipinski definition) is 5. The molecule has 0 amide bonds. The fourth-order valence-corrected chi connectivity index (χ4v) is 2.17. The van der Waals surface area contributed by atoms with Gasteiger partial charge in [-0.3, -0.25) is 14.3 Å². The van der Waals surface area contributed by atoms with Crippen LogP contribution in [-0.4, -0.2) is 40.6 Å². The minimum absolute atomic E-state index is 0.259. The van der Waals surface area contributed by atoms with Crippen molar-refractivity contribution in [3.05, 3.63) is 32.6 Å². The minimum atomic E-state index is -0.687. The van der Waals surface area contributed by atoms with Gasteiger partial charge in [-0.25, -0.2) is 4.79 Å². The van der Waals surface area contributed by atoms with Gasteiger partial charge in [0.1, 0.15) is 12.3 Å². The summed E-state index contributed by atoms with van der Waals surface area (Å²) in [7, 11) is 1.51. The number of hydrogen-bond donors (Lipinski definition) is 2. The maximum Gasteiger partial charge on any atom is 0.330 e. The predicted octanol–water partition coefficient (Wildman–Crippen LogP) is -0.860. The Bertz CT molecular complexity index is 535. The predicted molar refractivity (Wildman–Crippen MR) is 62.5 cm³/mol. The summed E-state index contributed by atoms with van der Waals surface area (Å²) < 4.78 is 11.8. The molecular weight excluding hydrogens is 240 g/mol. The normalized spacial score (nSPS) is 27.6. The summed E-state index contributed by atoms with van der Waals surface area (Å²) >= 11 is 0. The first kappa shape index (κ1) is 13.0. The van der Waals surface area contributed by atoms with Gasteiger partial charge in [0.2, 0.25) is 0 Å². The van der Waals surface area contributed by atoms with E-state index in [0.29, 0.717) is 12.1 Å². The summed E-state index contributed by atoms with van der Waals surface area (Å²) in [6.45, 7) is 1.91. The van der Waals surface area contributed by atoms with E-state index in [-0.39, 0.29) is 6.61 Å². The average molecular weight is 256 g/mol. The van der Waals surface area contributed by atoms with Crippen molar-refractivity contribution >= 4 is 0 Å². The minimum Gasteiger partial charge on any atom is -0.390 e. The number of aliphatic hydroxyl groups excluding tert-OH is 1. The molecule has 2 rings (SSSR count). The van der Waals surface area contributed by atoms with Crippen LogP contribution in [0.1, 0.15) is 18.3 Å². The summed E-state index contributed by atoms with van der Waals surface area (Å²) in [4.78, 5) is 25.0. The first-order valence-corrected chi connectivity index (χ1v) is 5.68. The van der Waals surface area contributed by atoms with E-state index in [2.05, 4.69) is 4.98 Å². The lowest BCUT2D eigenvalue weighted by Gasteiger charge is -2.17. The van der Waals surface area contributed by atoms with Crippen LogP contribution in [0.25, 0.3) is 0 Å². The number of nitrogens with one attached hydrogen (secondary N) is 1. The number of aryl methyl sites for hydroxylation is 1. The number of aromatic amines is 1. The molecule has 1 fully saturated rings. The SMILES string of the molecule is COC[C@H]1O[C@@H](n2c(C)cc(=O)[nH]c2=O)C[C@@H]1O. The molecule has 18 heavy (non-hydrogen) atoms. The van der Waals surface area contributed by atoms with E-state index in [1.807, 2.05) is 0 Å². The Hall–Kier alpha value is -1.44. The van der Waals surface area contributed by atoms with E-state index in [0.717, 1.165) is 0 Å². The van der Waals surface area contributed by atoms with Gasteiger partial charge in [0, 0.05) is 25.3 Å². The lowest BCUT2D eigenvalue weighted by Crippen LogP contribution is -2.34. The highest BCUT2D eigenvalue weighted by molar-refractivity contribution is 5.00. The van der Waals surface area contributed by atoms with Gasteiger partial charge in [-0.2, -0.15) is 0 Å². The van der Waals surface area contributed by atoms with Crippen LogP contribution in [0, 0.1) is 6.92 Å². The molecule has 7 nitrogen and oxygen atoms in total. The first-order chi connectivity index (χ1) is 8.52. The van der Waals surface area contributed by atoms with Gasteiger partial charge in [-0.05, 0) is 6.92 Å². The van der Waals surface area contributed by atoms with Gasteiger partial charge in [-0.1, -0.05) is 0 Å². The van der Waals surface area contributed by atoms with Crippen molar-refractivity contribution in [2.24, 2.45) is 0 Å². The van der Waals surface area contributed by atoms with Crippen LogP contribution in [-0.2, 0) is 9.47 Å². The van der Waals surface area contributed by atoms with E-state index >= 15 is 0 Å². The Morgan fingerprint density at radius 1 is 1.61 bits per heavy atom. The maximum absolute atomic E-state index is 11.7. The van der Waals surface area contributed by atoms with Gasteiger partial charge < -0.3 is 14.6 Å². The monoisotopic (exact) mass is 256 g/mol. The molecule has 2 N–H and O–H groups in total. The highest BCUT2D eigenvalue weighted by Crippen LogP contribution is 2.28. The third-order valence-electron chi connectivity index (χ3n) is 2.99. The Kier molecular flexibility index (Phi) is 3.65. The molecule has 1 aliphatic rings. The standard InChI is InChI=1S/C11H16N2O5/c1-6-3-9(15)12-11(16)13(6)10-4-7(14)8(18-10)5-17-2/h3,7-8,10,14H,4-5H2,1-2H3,(H,12,15,16)/t7-,8+,10+/m0/s1. The van der Waals surface area contributed by atoms with Crippen molar-refractivity contribution in [3.8, 4) is 0 Å². The lowest BCUT2D eigenvalue weighted by molar-refractivity contribution is -0.0552. The van der Waals surface area contributed by atoms with Crippen molar-refractivity contribution in [2.75, 3.05) is 13.7 Å².